The molecule has 26 heavy (non-hydrogen) atoms. The third-order valence-electron chi connectivity index (χ3n) is 3.57. The second-order valence-electron chi connectivity index (χ2n) is 5.99. The number of anilines is 1. The van der Waals surface area contributed by atoms with Crippen LogP contribution in [0.1, 0.15) is 13.8 Å². The summed E-state index contributed by atoms with van der Waals surface area (Å²) in [6.45, 7) is 3.48. The van der Waals surface area contributed by atoms with Crippen molar-refractivity contribution in [3.05, 3.63) is 52.5 Å². The standard InChI is InChI=1S/C18H19Cl2NO4S/c1-12(2)21(14-5-7-15(8-6-14)26(3,23)24)18(22)11-25-17-10-13(19)4-9-16(17)20/h4-10,12H,11H2,1-3H3. The van der Waals surface area contributed by atoms with Crippen LogP contribution in [0.2, 0.25) is 10.0 Å². The SMILES string of the molecule is CC(C)N(C(=O)COc1cc(Cl)ccc1Cl)c1ccc(S(C)(=O)=O)cc1. The van der Waals surface area contributed by atoms with E-state index >= 15 is 0 Å². The number of amides is 1. The lowest BCUT2D eigenvalue weighted by Gasteiger charge is -2.27. The normalized spacial score (nSPS) is 11.5. The molecule has 0 heterocycles. The largest absolute Gasteiger partial charge is 0.482 e. The molecule has 0 spiro atoms. The van der Waals surface area contributed by atoms with Crippen LogP contribution in [0.25, 0.3) is 0 Å². The molecule has 0 aromatic heterocycles. The molecule has 5 nitrogen and oxygen atoms in total. The van der Waals surface area contributed by atoms with Gasteiger partial charge in [0, 0.05) is 29.1 Å². The van der Waals surface area contributed by atoms with Gasteiger partial charge in [0.05, 0.1) is 9.92 Å². The zero-order valence-electron chi connectivity index (χ0n) is 14.6. The van der Waals surface area contributed by atoms with Gasteiger partial charge in [0.2, 0.25) is 0 Å². The van der Waals surface area contributed by atoms with Crippen LogP contribution in [-0.4, -0.2) is 33.2 Å². The molecule has 8 heteroatoms. The second-order valence-corrected chi connectivity index (χ2v) is 8.85. The van der Waals surface area contributed by atoms with Crippen LogP contribution in [0.4, 0.5) is 5.69 Å². The Kier molecular flexibility index (Phi) is 6.55. The Morgan fingerprint density at radius 3 is 2.27 bits per heavy atom. The van der Waals surface area contributed by atoms with Crippen LogP contribution in [0.3, 0.4) is 0 Å². The van der Waals surface area contributed by atoms with E-state index in [4.69, 9.17) is 27.9 Å². The summed E-state index contributed by atoms with van der Waals surface area (Å²) in [6, 6.07) is 10.8. The van der Waals surface area contributed by atoms with E-state index in [0.29, 0.717) is 21.5 Å². The molecule has 0 aliphatic rings. The van der Waals surface area contributed by atoms with Gasteiger partial charge < -0.3 is 9.64 Å². The second kappa shape index (κ2) is 8.29. The Morgan fingerprint density at radius 1 is 1.12 bits per heavy atom. The predicted octanol–water partition coefficient (Wildman–Crippen LogP) is 4.22. The lowest BCUT2D eigenvalue weighted by atomic mass is 10.2. The van der Waals surface area contributed by atoms with E-state index in [1.165, 1.54) is 23.1 Å². The van der Waals surface area contributed by atoms with Crippen LogP contribution < -0.4 is 9.64 Å². The minimum atomic E-state index is -3.30. The number of sulfone groups is 1. The quantitative estimate of drug-likeness (QED) is 0.708. The van der Waals surface area contributed by atoms with Gasteiger partial charge in [-0.3, -0.25) is 4.79 Å². The summed E-state index contributed by atoms with van der Waals surface area (Å²) in [7, 11) is -3.30. The summed E-state index contributed by atoms with van der Waals surface area (Å²) in [5, 5.41) is 0.810. The zero-order valence-corrected chi connectivity index (χ0v) is 16.9. The Morgan fingerprint density at radius 2 is 1.73 bits per heavy atom. The molecule has 2 aromatic carbocycles. The molecule has 0 N–H and O–H groups in total. The molecule has 0 unspecified atom stereocenters. The highest BCUT2D eigenvalue weighted by atomic mass is 35.5. The summed E-state index contributed by atoms with van der Waals surface area (Å²) >= 11 is 11.9. The molecule has 0 aliphatic heterocycles. The fraction of sp³-hybridized carbons (Fsp3) is 0.278. The van der Waals surface area contributed by atoms with E-state index in [1.807, 2.05) is 13.8 Å². The van der Waals surface area contributed by atoms with Crippen molar-refractivity contribution in [3.8, 4) is 5.75 Å². The van der Waals surface area contributed by atoms with E-state index in [1.54, 1.807) is 24.3 Å². The number of rotatable bonds is 6. The van der Waals surface area contributed by atoms with Crippen LogP contribution >= 0.6 is 23.2 Å². The monoisotopic (exact) mass is 415 g/mol. The van der Waals surface area contributed by atoms with Crippen LogP contribution in [0.5, 0.6) is 5.75 Å². The molecule has 0 aliphatic carbocycles. The number of carbonyl (C=O) groups is 1. The van der Waals surface area contributed by atoms with E-state index in [2.05, 4.69) is 0 Å². The first kappa shape index (κ1) is 20.6. The van der Waals surface area contributed by atoms with Gasteiger partial charge in [-0.05, 0) is 50.2 Å². The van der Waals surface area contributed by atoms with Crippen molar-refractivity contribution in [1.82, 2.24) is 0 Å². The Labute approximate surface area is 163 Å². The maximum absolute atomic E-state index is 12.6. The first-order valence-electron chi connectivity index (χ1n) is 7.79. The highest BCUT2D eigenvalue weighted by Gasteiger charge is 2.20. The average molecular weight is 416 g/mol. The van der Waals surface area contributed by atoms with Gasteiger partial charge in [-0.25, -0.2) is 8.42 Å². The van der Waals surface area contributed by atoms with Crippen LogP contribution in [-0.2, 0) is 14.6 Å². The summed E-state index contributed by atoms with van der Waals surface area (Å²) < 4.78 is 28.7. The zero-order chi connectivity index (χ0) is 19.5. The molecule has 0 radical (unpaired) electrons. The molecule has 140 valence electrons. The topological polar surface area (TPSA) is 63.7 Å². The molecular weight excluding hydrogens is 397 g/mol. The number of carbonyl (C=O) groups excluding carboxylic acids is 1. The van der Waals surface area contributed by atoms with Crippen LogP contribution in [0.15, 0.2) is 47.4 Å². The van der Waals surface area contributed by atoms with Gasteiger partial charge in [-0.2, -0.15) is 0 Å². The molecule has 1 amide bonds. The third-order valence-corrected chi connectivity index (χ3v) is 5.25. The summed E-state index contributed by atoms with van der Waals surface area (Å²) in [6.07, 6.45) is 1.13. The Bertz CT molecular complexity index is 896. The summed E-state index contributed by atoms with van der Waals surface area (Å²) in [4.78, 5) is 14.4. The van der Waals surface area contributed by atoms with Gasteiger partial charge in [0.25, 0.3) is 5.91 Å². The molecule has 2 rings (SSSR count). The number of nitrogens with zero attached hydrogens (tertiary/aromatic N) is 1. The third kappa shape index (κ3) is 5.13. The molecule has 2 aromatic rings. The maximum atomic E-state index is 12.6. The number of benzene rings is 2. The van der Waals surface area contributed by atoms with Crippen molar-refractivity contribution >= 4 is 44.6 Å². The van der Waals surface area contributed by atoms with Crippen molar-refractivity contribution in [1.29, 1.82) is 0 Å². The maximum Gasteiger partial charge on any atom is 0.265 e. The summed E-state index contributed by atoms with van der Waals surface area (Å²) in [5.41, 5.74) is 0.582. The highest BCUT2D eigenvalue weighted by molar-refractivity contribution is 7.90. The average Bonchev–Trinajstić information content (AvgIpc) is 2.55. The highest BCUT2D eigenvalue weighted by Crippen LogP contribution is 2.28. The van der Waals surface area contributed by atoms with Crippen molar-refractivity contribution < 1.29 is 17.9 Å². The van der Waals surface area contributed by atoms with Gasteiger partial charge in [0.15, 0.2) is 16.4 Å². The van der Waals surface area contributed by atoms with Gasteiger partial charge in [-0.15, -0.1) is 0 Å². The van der Waals surface area contributed by atoms with Crippen molar-refractivity contribution in [3.63, 3.8) is 0 Å². The number of halogens is 2. The predicted molar refractivity (Wildman–Crippen MR) is 104 cm³/mol. The molecule has 0 bridgehead atoms. The fourth-order valence-corrected chi connectivity index (χ4v) is 3.35. The van der Waals surface area contributed by atoms with Gasteiger partial charge >= 0.3 is 0 Å². The first-order chi connectivity index (χ1) is 12.1. The summed E-state index contributed by atoms with van der Waals surface area (Å²) in [5.74, 6) is 0.0341. The number of ether oxygens (including phenoxy) is 1. The van der Waals surface area contributed by atoms with Crippen molar-refractivity contribution in [2.75, 3.05) is 17.8 Å². The molecule has 0 atom stereocenters. The minimum absolute atomic E-state index is 0.148. The van der Waals surface area contributed by atoms with E-state index in [0.717, 1.165) is 6.26 Å². The first-order valence-corrected chi connectivity index (χ1v) is 10.4. The lowest BCUT2D eigenvalue weighted by Crippen LogP contribution is -2.40. The van der Waals surface area contributed by atoms with Crippen molar-refractivity contribution in [2.45, 2.75) is 24.8 Å². The number of hydrogen-bond acceptors (Lipinski definition) is 4. The Hall–Kier alpha value is -1.76. The van der Waals surface area contributed by atoms with E-state index < -0.39 is 9.84 Å². The fourth-order valence-electron chi connectivity index (χ4n) is 2.38. The lowest BCUT2D eigenvalue weighted by molar-refractivity contribution is -0.120. The van der Waals surface area contributed by atoms with E-state index in [-0.39, 0.29) is 23.5 Å². The molecular formula is C18H19Cl2NO4S. The number of hydrogen-bond donors (Lipinski definition) is 0. The smallest absolute Gasteiger partial charge is 0.265 e. The molecule has 0 saturated heterocycles. The van der Waals surface area contributed by atoms with Crippen molar-refractivity contribution in [2.24, 2.45) is 0 Å². The Balaban J connectivity index is 2.18. The van der Waals surface area contributed by atoms with E-state index in [9.17, 15) is 13.2 Å². The molecule has 0 fully saturated rings. The van der Waals surface area contributed by atoms with Gasteiger partial charge in [0.1, 0.15) is 5.75 Å². The minimum Gasteiger partial charge on any atom is -0.482 e. The van der Waals surface area contributed by atoms with Crippen LogP contribution in [0, 0.1) is 0 Å². The molecule has 0 saturated carbocycles. The van der Waals surface area contributed by atoms with Gasteiger partial charge in [-0.1, -0.05) is 23.2 Å².